The number of benzene rings is 2. The zero-order chi connectivity index (χ0) is 20.7. The van der Waals surface area contributed by atoms with Gasteiger partial charge in [0.25, 0.3) is 5.91 Å². The molecule has 2 aromatic carbocycles. The maximum atomic E-state index is 13.7. The highest BCUT2D eigenvalue weighted by atomic mass is 19.1. The van der Waals surface area contributed by atoms with Gasteiger partial charge in [-0.3, -0.25) is 4.79 Å². The Hall–Kier alpha value is -2.80. The van der Waals surface area contributed by atoms with E-state index in [1.807, 2.05) is 13.8 Å². The highest BCUT2D eigenvalue weighted by Gasteiger charge is 2.16. The molecule has 1 N–H and O–H groups in total. The number of halogens is 2. The van der Waals surface area contributed by atoms with Crippen LogP contribution in [0.4, 0.5) is 8.78 Å². The molecule has 0 bridgehead atoms. The number of hydrogen-bond acceptors (Lipinski definition) is 4. The first-order chi connectivity index (χ1) is 13.3. The second-order valence-electron chi connectivity index (χ2n) is 6.59. The Morgan fingerprint density at radius 3 is 2.32 bits per heavy atom. The van der Waals surface area contributed by atoms with Crippen LogP contribution < -0.4 is 5.32 Å². The van der Waals surface area contributed by atoms with Crippen molar-refractivity contribution in [3.05, 3.63) is 70.8 Å². The first-order valence-corrected chi connectivity index (χ1v) is 8.88. The van der Waals surface area contributed by atoms with E-state index < -0.39 is 36.2 Å². The van der Waals surface area contributed by atoms with E-state index in [1.165, 1.54) is 6.07 Å². The molecule has 0 fully saturated rings. The summed E-state index contributed by atoms with van der Waals surface area (Å²) < 4.78 is 37.1. The topological polar surface area (TPSA) is 64.6 Å². The zero-order valence-electron chi connectivity index (χ0n) is 16.0. The molecular formula is C21H23F2NO4. The van der Waals surface area contributed by atoms with E-state index in [1.54, 1.807) is 31.2 Å². The number of ether oxygens (including phenoxy) is 2. The minimum absolute atomic E-state index is 0.105. The lowest BCUT2D eigenvalue weighted by Crippen LogP contribution is -2.31. The van der Waals surface area contributed by atoms with Gasteiger partial charge in [-0.15, -0.1) is 0 Å². The van der Waals surface area contributed by atoms with Gasteiger partial charge in [-0.2, -0.15) is 0 Å². The third kappa shape index (κ3) is 6.42. The number of rotatable bonds is 8. The number of carbonyl (C=O) groups excluding carboxylic acids is 2. The third-order valence-corrected chi connectivity index (χ3v) is 3.91. The Kier molecular flexibility index (Phi) is 7.63. The Bertz CT molecular complexity index is 822. The molecule has 150 valence electrons. The van der Waals surface area contributed by atoms with Crippen molar-refractivity contribution < 1.29 is 27.8 Å². The lowest BCUT2D eigenvalue weighted by molar-refractivity contribution is -0.124. The van der Waals surface area contributed by atoms with Gasteiger partial charge in [0.2, 0.25) is 0 Å². The predicted molar refractivity (Wildman–Crippen MR) is 99.6 cm³/mol. The summed E-state index contributed by atoms with van der Waals surface area (Å²) in [7, 11) is 0. The highest BCUT2D eigenvalue weighted by Crippen LogP contribution is 2.17. The van der Waals surface area contributed by atoms with Gasteiger partial charge in [0.15, 0.2) is 6.61 Å². The van der Waals surface area contributed by atoms with Gasteiger partial charge < -0.3 is 14.8 Å². The Morgan fingerprint density at radius 1 is 1.04 bits per heavy atom. The van der Waals surface area contributed by atoms with E-state index in [0.29, 0.717) is 12.2 Å². The van der Waals surface area contributed by atoms with Crippen LogP contribution in [0.1, 0.15) is 48.3 Å². The quantitative estimate of drug-likeness (QED) is 0.693. The maximum Gasteiger partial charge on any atom is 0.338 e. The van der Waals surface area contributed by atoms with Crippen LogP contribution in [0.5, 0.6) is 0 Å². The fourth-order valence-electron chi connectivity index (χ4n) is 2.43. The van der Waals surface area contributed by atoms with Gasteiger partial charge in [0.05, 0.1) is 24.3 Å². The number of carbonyl (C=O) groups is 2. The molecule has 0 radical (unpaired) electrons. The fraction of sp³-hybridized carbons (Fsp3) is 0.333. The van der Waals surface area contributed by atoms with Crippen molar-refractivity contribution in [1.82, 2.24) is 5.32 Å². The van der Waals surface area contributed by atoms with Crippen molar-refractivity contribution in [1.29, 1.82) is 0 Å². The third-order valence-electron chi connectivity index (χ3n) is 3.91. The molecule has 0 aliphatic rings. The summed E-state index contributed by atoms with van der Waals surface area (Å²) in [4.78, 5) is 24.0. The fourth-order valence-corrected chi connectivity index (χ4v) is 2.43. The van der Waals surface area contributed by atoms with Crippen molar-refractivity contribution in [2.45, 2.75) is 39.5 Å². The van der Waals surface area contributed by atoms with Crippen molar-refractivity contribution in [2.24, 2.45) is 0 Å². The van der Waals surface area contributed by atoms with Crippen LogP contribution in [0.2, 0.25) is 0 Å². The largest absolute Gasteiger partial charge is 0.452 e. The Morgan fingerprint density at radius 2 is 1.71 bits per heavy atom. The van der Waals surface area contributed by atoms with Crippen LogP contribution in [0, 0.1) is 11.6 Å². The summed E-state index contributed by atoms with van der Waals surface area (Å²) in [5, 5.41) is 2.50. The van der Waals surface area contributed by atoms with Gasteiger partial charge in [0.1, 0.15) is 11.6 Å². The monoisotopic (exact) mass is 391 g/mol. The molecule has 28 heavy (non-hydrogen) atoms. The second-order valence-corrected chi connectivity index (χ2v) is 6.59. The average Bonchev–Trinajstić information content (AvgIpc) is 2.64. The maximum absolute atomic E-state index is 13.7. The molecule has 1 atom stereocenters. The van der Waals surface area contributed by atoms with Gasteiger partial charge in [-0.1, -0.05) is 18.2 Å². The number of amides is 1. The second kappa shape index (κ2) is 9.94. The summed E-state index contributed by atoms with van der Waals surface area (Å²) in [6.45, 7) is 5.34. The predicted octanol–water partition coefficient (Wildman–Crippen LogP) is 3.92. The SMILES string of the molecule is CC(C)OCc1ccc(C(=O)OCC(=O)N[C@H](C)c2ccc(F)cc2F)cc1. The first-order valence-electron chi connectivity index (χ1n) is 8.88. The summed E-state index contributed by atoms with van der Waals surface area (Å²) >= 11 is 0. The molecule has 0 aliphatic heterocycles. The van der Waals surface area contributed by atoms with E-state index in [0.717, 1.165) is 17.7 Å². The van der Waals surface area contributed by atoms with Gasteiger partial charge in [-0.05, 0) is 44.5 Å². The lowest BCUT2D eigenvalue weighted by atomic mass is 10.1. The van der Waals surface area contributed by atoms with E-state index in [2.05, 4.69) is 5.32 Å². The molecule has 2 rings (SSSR count). The van der Waals surface area contributed by atoms with Crippen molar-refractivity contribution in [3.63, 3.8) is 0 Å². The van der Waals surface area contributed by atoms with E-state index in [-0.39, 0.29) is 11.7 Å². The summed E-state index contributed by atoms with van der Waals surface area (Å²) in [5.41, 5.74) is 1.36. The van der Waals surface area contributed by atoms with Crippen LogP contribution in [-0.2, 0) is 20.9 Å². The highest BCUT2D eigenvalue weighted by molar-refractivity contribution is 5.91. The van der Waals surface area contributed by atoms with Gasteiger partial charge in [-0.25, -0.2) is 13.6 Å². The van der Waals surface area contributed by atoms with Crippen LogP contribution in [0.15, 0.2) is 42.5 Å². The van der Waals surface area contributed by atoms with E-state index >= 15 is 0 Å². The Labute approximate surface area is 162 Å². The van der Waals surface area contributed by atoms with Crippen LogP contribution >= 0.6 is 0 Å². The number of nitrogens with one attached hydrogen (secondary N) is 1. The van der Waals surface area contributed by atoms with Crippen molar-refractivity contribution in [2.75, 3.05) is 6.61 Å². The molecule has 0 saturated carbocycles. The minimum Gasteiger partial charge on any atom is -0.452 e. The molecule has 0 aliphatic carbocycles. The average molecular weight is 391 g/mol. The molecule has 2 aromatic rings. The minimum atomic E-state index is -0.758. The normalized spacial score (nSPS) is 11.9. The van der Waals surface area contributed by atoms with Gasteiger partial charge in [0, 0.05) is 11.6 Å². The smallest absolute Gasteiger partial charge is 0.338 e. The molecule has 0 aromatic heterocycles. The number of hydrogen-bond donors (Lipinski definition) is 1. The standard InChI is InChI=1S/C21H23F2NO4/c1-13(2)27-11-15-4-6-16(7-5-15)21(26)28-12-20(25)24-14(3)18-9-8-17(22)10-19(18)23/h4-10,13-14H,11-12H2,1-3H3,(H,24,25)/t14-/m1/s1. The molecule has 0 spiro atoms. The van der Waals surface area contributed by atoms with Gasteiger partial charge >= 0.3 is 5.97 Å². The molecule has 0 heterocycles. The van der Waals surface area contributed by atoms with Crippen LogP contribution in [-0.4, -0.2) is 24.6 Å². The van der Waals surface area contributed by atoms with Crippen LogP contribution in [0.3, 0.4) is 0 Å². The van der Waals surface area contributed by atoms with Crippen LogP contribution in [0.25, 0.3) is 0 Å². The van der Waals surface area contributed by atoms with Crippen molar-refractivity contribution >= 4 is 11.9 Å². The first kappa shape index (κ1) is 21.5. The summed E-state index contributed by atoms with van der Waals surface area (Å²) in [6, 6.07) is 9.09. The van der Waals surface area contributed by atoms with E-state index in [9.17, 15) is 18.4 Å². The Balaban J connectivity index is 1.83. The van der Waals surface area contributed by atoms with E-state index in [4.69, 9.17) is 9.47 Å². The molecule has 0 unspecified atom stereocenters. The lowest BCUT2D eigenvalue weighted by Gasteiger charge is -2.15. The summed E-state index contributed by atoms with van der Waals surface area (Å²) in [6.07, 6.45) is 0.105. The van der Waals surface area contributed by atoms with Crippen molar-refractivity contribution in [3.8, 4) is 0 Å². The molecular weight excluding hydrogens is 368 g/mol. The zero-order valence-corrected chi connectivity index (χ0v) is 16.0. The number of esters is 1. The molecule has 1 amide bonds. The summed E-state index contributed by atoms with van der Waals surface area (Å²) in [5.74, 6) is -2.69. The molecule has 5 nitrogen and oxygen atoms in total. The molecule has 0 saturated heterocycles. The molecule has 7 heteroatoms.